The van der Waals surface area contributed by atoms with E-state index in [1.54, 1.807) is 48.5 Å². The number of amides is 2. The third kappa shape index (κ3) is 14.4. The Morgan fingerprint density at radius 1 is 0.620 bits per heavy atom. The Bertz CT molecular complexity index is 2750. The number of fused-ring (bicyclic) bond motifs is 2. The Morgan fingerprint density at radius 3 is 1.38 bits per heavy atom. The Balaban J connectivity index is 0.000000203. The topological polar surface area (TPSA) is 132 Å². The van der Waals surface area contributed by atoms with Crippen molar-refractivity contribution in [1.82, 2.24) is 20.9 Å². The van der Waals surface area contributed by atoms with Gasteiger partial charge < -0.3 is 35.5 Å². The molecule has 2 amide bonds. The van der Waals surface area contributed by atoms with Gasteiger partial charge in [-0.1, -0.05) is 37.1 Å². The third-order valence-electron chi connectivity index (χ3n) is 13.0. The van der Waals surface area contributed by atoms with E-state index in [1.807, 2.05) is 31.2 Å². The summed E-state index contributed by atoms with van der Waals surface area (Å²) < 4.78 is 88.2. The van der Waals surface area contributed by atoms with Crippen molar-refractivity contribution in [3.05, 3.63) is 144 Å². The average Bonchev–Trinajstić information content (AvgIpc) is 4.21. The number of hydrogen-bond acceptors (Lipinski definition) is 8. The molecule has 6 aromatic carbocycles. The first kappa shape index (κ1) is 54.9. The quantitative estimate of drug-likeness (QED) is 0.0605. The molecule has 2 aliphatic heterocycles. The van der Waals surface area contributed by atoms with Crippen molar-refractivity contribution >= 4 is 67.5 Å². The number of ether oxygens (including phenoxy) is 2. The van der Waals surface area contributed by atoms with Gasteiger partial charge in [0.25, 0.3) is 11.8 Å². The summed E-state index contributed by atoms with van der Waals surface area (Å²) in [5, 5.41) is 29.0. The Labute approximate surface area is 422 Å². The zero-order valence-corrected chi connectivity index (χ0v) is 41.0. The molecule has 2 saturated heterocycles. The second-order valence-electron chi connectivity index (χ2n) is 18.3. The number of nitrogens with zero attached hydrogens (tertiary/aromatic N) is 1. The molecule has 2 heterocycles. The van der Waals surface area contributed by atoms with Crippen molar-refractivity contribution in [3.8, 4) is 23.0 Å². The van der Waals surface area contributed by atoms with Crippen molar-refractivity contribution in [3.63, 3.8) is 0 Å². The highest BCUT2D eigenvalue weighted by atomic mass is 32.1. The van der Waals surface area contributed by atoms with Gasteiger partial charge in [0.05, 0.1) is 11.1 Å². The molecule has 19 heteroatoms. The number of nitrogens with one attached hydrogen (secondary N) is 3. The number of hydrogen-bond donors (Lipinski definition) is 5. The zero-order valence-electron chi connectivity index (χ0n) is 39.0. The number of likely N-dealkylation sites (tertiary alicyclic amines) is 1. The first-order chi connectivity index (χ1) is 32.9. The lowest BCUT2D eigenvalue weighted by Crippen LogP contribution is -2.56. The molecule has 10 rings (SSSR count). The SMILES string of the molecule is C[C@H](NC(=O)c1ccc2c(Oc3ccc(C(F)(F)F)cc3)cccc2c1)C1CN(C2CC2)C1.C[C@H](NC(=O)c1ccc2c(Oc3ccc(C(F)(F)F)cc3)cccc2c1)C1CNC1.OB(O)C1CC1.S.S. The van der Waals surface area contributed by atoms with E-state index < -0.39 is 30.6 Å². The molecule has 2 aliphatic carbocycles. The van der Waals surface area contributed by atoms with Gasteiger partial charge in [0.2, 0.25) is 0 Å². The lowest BCUT2D eigenvalue weighted by atomic mass is 9.84. The molecule has 0 unspecified atom stereocenters. The lowest BCUT2D eigenvalue weighted by Gasteiger charge is -2.42. The summed E-state index contributed by atoms with van der Waals surface area (Å²) in [5.41, 5.74) is -0.331. The molecule has 2 saturated carbocycles. The summed E-state index contributed by atoms with van der Waals surface area (Å²) in [6.45, 7) is 7.97. The van der Waals surface area contributed by atoms with Crippen LogP contribution >= 0.6 is 27.0 Å². The maximum absolute atomic E-state index is 12.8. The van der Waals surface area contributed by atoms with E-state index in [1.165, 1.54) is 37.1 Å². The van der Waals surface area contributed by atoms with Gasteiger partial charge in [-0.15, -0.1) is 0 Å². The molecule has 6 aromatic rings. The number of halogens is 6. The molecule has 0 spiro atoms. The molecule has 4 fully saturated rings. The predicted octanol–water partition coefficient (Wildman–Crippen LogP) is 10.7. The number of alkyl halides is 6. The molecule has 0 bridgehead atoms. The standard InChI is InChI=1S/C26H25F3N2O2.C23H21F3N2O2.C3H7BO2.2H2S/c1-16(19-14-31(15-19)21-8-9-21)30-25(32)18-5-12-23-17(13-18)3-2-4-24(23)33-22-10-6-20(7-11-22)26(27,28)29;1-14(17-12-27-13-17)28-22(29)16-5-10-20-15(11-16)3-2-4-21(20)30-19-8-6-18(7-9-19)23(24,25)26;5-4(6)3-1-2-3;;/h2-7,10-13,16,19,21H,8-9,14-15H2,1H3,(H,30,32);2-11,14,17,27H,12-13H2,1H3,(H,28,29);3,5-6H,1-2H2;2*1H2/t16-;14-;;;/m00.../s1. The molecule has 10 nitrogen and oxygen atoms in total. The lowest BCUT2D eigenvalue weighted by molar-refractivity contribution is -0.138. The van der Waals surface area contributed by atoms with Gasteiger partial charge in [-0.3, -0.25) is 14.5 Å². The zero-order chi connectivity index (χ0) is 49.0. The first-order valence-corrected chi connectivity index (χ1v) is 23.1. The van der Waals surface area contributed by atoms with Crippen molar-refractivity contribution in [1.29, 1.82) is 0 Å². The Morgan fingerprint density at radius 2 is 1.04 bits per heavy atom. The molecule has 378 valence electrons. The monoisotopic (exact) mass is 1020 g/mol. The predicted molar refractivity (Wildman–Crippen MR) is 273 cm³/mol. The molecular weight excluding hydrogens is 966 g/mol. The van der Waals surface area contributed by atoms with Gasteiger partial charge in [-0.2, -0.15) is 53.3 Å². The fraction of sp³-hybridized carbons (Fsp3) is 0.346. The van der Waals surface area contributed by atoms with Crippen LogP contribution in [0.15, 0.2) is 121 Å². The third-order valence-corrected chi connectivity index (χ3v) is 13.0. The molecule has 71 heavy (non-hydrogen) atoms. The van der Waals surface area contributed by atoms with Crippen LogP contribution in [0.3, 0.4) is 0 Å². The van der Waals surface area contributed by atoms with Crippen molar-refractivity contribution in [2.45, 2.75) is 75.8 Å². The van der Waals surface area contributed by atoms with Crippen LogP contribution in [0.5, 0.6) is 23.0 Å². The first-order valence-electron chi connectivity index (χ1n) is 23.1. The average molecular weight is 1020 g/mol. The Hall–Kier alpha value is -5.44. The van der Waals surface area contributed by atoms with Crippen molar-refractivity contribution in [2.75, 3.05) is 26.2 Å². The Kier molecular flexibility index (Phi) is 18.1. The number of carbonyl (C=O) groups is 2. The number of carbonyl (C=O) groups excluding carboxylic acids is 2. The van der Waals surface area contributed by atoms with E-state index in [-0.39, 0.29) is 56.7 Å². The molecule has 0 aromatic heterocycles. The van der Waals surface area contributed by atoms with E-state index >= 15 is 0 Å². The van der Waals surface area contributed by atoms with Crippen LogP contribution in [0.2, 0.25) is 5.82 Å². The maximum atomic E-state index is 12.8. The van der Waals surface area contributed by atoms with Crippen LogP contribution in [-0.4, -0.2) is 78.2 Å². The van der Waals surface area contributed by atoms with Crippen molar-refractivity contribution < 1.29 is 55.5 Å². The fourth-order valence-electron chi connectivity index (χ4n) is 8.12. The van der Waals surface area contributed by atoms with Gasteiger partial charge in [-0.25, -0.2) is 0 Å². The van der Waals surface area contributed by atoms with Crippen LogP contribution in [0.1, 0.15) is 71.4 Å². The van der Waals surface area contributed by atoms with Gasteiger partial charge >= 0.3 is 19.5 Å². The van der Waals surface area contributed by atoms with Crippen LogP contribution in [-0.2, 0) is 12.4 Å². The van der Waals surface area contributed by atoms with E-state index in [4.69, 9.17) is 19.5 Å². The summed E-state index contributed by atoms with van der Waals surface area (Å²) >= 11 is 0. The van der Waals surface area contributed by atoms with E-state index in [0.717, 1.165) is 90.9 Å². The molecule has 4 aliphatic rings. The van der Waals surface area contributed by atoms with Crippen LogP contribution in [0, 0.1) is 11.8 Å². The van der Waals surface area contributed by atoms with Gasteiger partial charge in [0.1, 0.15) is 23.0 Å². The normalized spacial score (nSPS) is 16.7. The van der Waals surface area contributed by atoms with Gasteiger partial charge in [0, 0.05) is 78.0 Å². The van der Waals surface area contributed by atoms with E-state index in [9.17, 15) is 35.9 Å². The second kappa shape index (κ2) is 23.4. The summed E-state index contributed by atoms with van der Waals surface area (Å²) in [6, 6.07) is 31.6. The molecule has 0 radical (unpaired) electrons. The minimum absolute atomic E-state index is 0. The number of rotatable bonds is 12. The van der Waals surface area contributed by atoms with Gasteiger partial charge in [0.15, 0.2) is 0 Å². The van der Waals surface area contributed by atoms with E-state index in [0.29, 0.717) is 46.0 Å². The highest BCUT2D eigenvalue weighted by Crippen LogP contribution is 2.38. The minimum Gasteiger partial charge on any atom is -0.457 e. The van der Waals surface area contributed by atoms with Crippen LogP contribution < -0.4 is 25.4 Å². The smallest absolute Gasteiger partial charge is 0.454 e. The summed E-state index contributed by atoms with van der Waals surface area (Å²) in [4.78, 5) is 27.9. The van der Waals surface area contributed by atoms with Crippen molar-refractivity contribution in [2.24, 2.45) is 11.8 Å². The maximum Gasteiger partial charge on any atom is 0.454 e. The summed E-state index contributed by atoms with van der Waals surface area (Å²) in [7, 11) is -1.04. The largest absolute Gasteiger partial charge is 0.457 e. The fourth-order valence-corrected chi connectivity index (χ4v) is 8.12. The van der Waals surface area contributed by atoms with Crippen LogP contribution in [0.4, 0.5) is 26.3 Å². The molecule has 2 atom stereocenters. The van der Waals surface area contributed by atoms with E-state index in [2.05, 4.69) is 27.8 Å². The summed E-state index contributed by atoms with van der Waals surface area (Å²) in [5.74, 6) is 2.54. The van der Waals surface area contributed by atoms with Gasteiger partial charge in [-0.05, 0) is 140 Å². The minimum atomic E-state index is -4.39. The molecular formula is C52H57BF6N4O6S2. The number of benzene rings is 6. The van der Waals surface area contributed by atoms with Crippen LogP contribution in [0.25, 0.3) is 21.5 Å². The highest BCUT2D eigenvalue weighted by Gasteiger charge is 2.40. The molecule has 5 N–H and O–H groups in total. The summed E-state index contributed by atoms with van der Waals surface area (Å²) in [6.07, 6.45) is -4.18. The highest BCUT2D eigenvalue weighted by molar-refractivity contribution is 7.59. The second-order valence-corrected chi connectivity index (χ2v) is 18.3.